The van der Waals surface area contributed by atoms with Gasteiger partial charge in [-0.3, -0.25) is 4.79 Å². The van der Waals surface area contributed by atoms with E-state index in [0.717, 1.165) is 30.0 Å². The number of aryl methyl sites for hydroxylation is 1. The van der Waals surface area contributed by atoms with E-state index in [2.05, 4.69) is 52.6 Å². The Morgan fingerprint density at radius 3 is 2.57 bits per heavy atom. The second-order valence-corrected chi connectivity index (χ2v) is 7.16. The number of tetrazole rings is 1. The van der Waals surface area contributed by atoms with Gasteiger partial charge in [-0.2, -0.15) is 4.68 Å². The number of amides is 1. The molecule has 7 nitrogen and oxygen atoms in total. The summed E-state index contributed by atoms with van der Waals surface area (Å²) in [4.78, 5) is 14.7. The van der Waals surface area contributed by atoms with E-state index in [-0.39, 0.29) is 11.7 Å². The maximum atomic E-state index is 12.4. The number of carbonyl (C=O) groups is 1. The SMILES string of the molecule is CCN(CC)c1ccc(NC(=O)CSc2nnnn2-c2ccccc2)cc1C. The topological polar surface area (TPSA) is 75.9 Å². The number of aromatic nitrogens is 4. The number of carbonyl (C=O) groups excluding carboxylic acids is 1. The molecule has 1 aromatic heterocycles. The van der Waals surface area contributed by atoms with Crippen molar-refractivity contribution in [1.82, 2.24) is 20.2 Å². The fourth-order valence-electron chi connectivity index (χ4n) is 2.98. The first-order valence-corrected chi connectivity index (χ1v) is 10.2. The van der Waals surface area contributed by atoms with Crippen LogP contribution in [-0.2, 0) is 4.79 Å². The van der Waals surface area contributed by atoms with E-state index >= 15 is 0 Å². The van der Waals surface area contributed by atoms with E-state index in [1.165, 1.54) is 17.4 Å². The summed E-state index contributed by atoms with van der Waals surface area (Å²) < 4.78 is 1.63. The van der Waals surface area contributed by atoms with Crippen molar-refractivity contribution in [3.8, 4) is 5.69 Å². The summed E-state index contributed by atoms with van der Waals surface area (Å²) in [5.41, 5.74) is 3.99. The summed E-state index contributed by atoms with van der Waals surface area (Å²) in [5, 5.41) is 15.3. The van der Waals surface area contributed by atoms with Crippen LogP contribution in [0.5, 0.6) is 0 Å². The molecule has 0 spiro atoms. The first-order chi connectivity index (χ1) is 13.6. The van der Waals surface area contributed by atoms with Crippen LogP contribution in [0.4, 0.5) is 11.4 Å². The van der Waals surface area contributed by atoms with Gasteiger partial charge in [0.05, 0.1) is 11.4 Å². The van der Waals surface area contributed by atoms with Crippen LogP contribution in [0.3, 0.4) is 0 Å². The number of rotatable bonds is 8. The van der Waals surface area contributed by atoms with Crippen LogP contribution >= 0.6 is 11.8 Å². The number of hydrogen-bond acceptors (Lipinski definition) is 6. The molecule has 0 aliphatic heterocycles. The highest BCUT2D eigenvalue weighted by Gasteiger charge is 2.12. The Bertz CT molecular complexity index is 923. The highest BCUT2D eigenvalue weighted by molar-refractivity contribution is 7.99. The van der Waals surface area contributed by atoms with E-state index < -0.39 is 0 Å². The molecule has 0 atom stereocenters. The highest BCUT2D eigenvalue weighted by atomic mass is 32.2. The summed E-state index contributed by atoms with van der Waals surface area (Å²) in [5.74, 6) is 0.131. The van der Waals surface area contributed by atoms with Crippen LogP contribution in [0.1, 0.15) is 19.4 Å². The number of para-hydroxylation sites is 1. The van der Waals surface area contributed by atoms with Crippen LogP contribution in [0, 0.1) is 6.92 Å². The van der Waals surface area contributed by atoms with Gasteiger partial charge in [-0.15, -0.1) is 5.10 Å². The zero-order valence-corrected chi connectivity index (χ0v) is 17.1. The average molecular weight is 397 g/mol. The molecule has 28 heavy (non-hydrogen) atoms. The number of nitrogens with one attached hydrogen (secondary N) is 1. The number of anilines is 2. The van der Waals surface area contributed by atoms with Gasteiger partial charge < -0.3 is 10.2 Å². The molecule has 3 aromatic rings. The summed E-state index contributed by atoms with van der Waals surface area (Å²) in [6.07, 6.45) is 0. The lowest BCUT2D eigenvalue weighted by molar-refractivity contribution is -0.113. The van der Waals surface area contributed by atoms with Crippen molar-refractivity contribution in [3.05, 3.63) is 54.1 Å². The molecule has 0 radical (unpaired) electrons. The summed E-state index contributed by atoms with van der Waals surface area (Å²) in [6.45, 7) is 8.25. The Morgan fingerprint density at radius 2 is 1.89 bits per heavy atom. The van der Waals surface area contributed by atoms with Gasteiger partial charge in [-0.25, -0.2) is 0 Å². The number of thioether (sulfide) groups is 1. The fraction of sp³-hybridized carbons (Fsp3) is 0.300. The molecule has 0 unspecified atom stereocenters. The molecule has 0 bridgehead atoms. The quantitative estimate of drug-likeness (QED) is 0.587. The van der Waals surface area contributed by atoms with E-state index in [9.17, 15) is 4.79 Å². The number of hydrogen-bond donors (Lipinski definition) is 1. The summed E-state index contributed by atoms with van der Waals surface area (Å²) >= 11 is 1.30. The zero-order valence-electron chi connectivity index (χ0n) is 16.3. The van der Waals surface area contributed by atoms with Crippen LogP contribution in [0.15, 0.2) is 53.7 Å². The van der Waals surface area contributed by atoms with Crippen LogP contribution in [0.25, 0.3) is 5.69 Å². The first-order valence-electron chi connectivity index (χ1n) is 9.24. The molecule has 0 aliphatic rings. The van der Waals surface area contributed by atoms with Crippen LogP contribution in [-0.4, -0.2) is 45.0 Å². The second kappa shape index (κ2) is 9.36. The molecule has 0 saturated heterocycles. The van der Waals surface area contributed by atoms with Gasteiger partial charge in [0.25, 0.3) is 0 Å². The van der Waals surface area contributed by atoms with E-state index in [0.29, 0.717) is 5.16 Å². The maximum absolute atomic E-state index is 12.4. The monoisotopic (exact) mass is 396 g/mol. The Hall–Kier alpha value is -2.87. The van der Waals surface area contributed by atoms with Gasteiger partial charge in [0.15, 0.2) is 0 Å². The van der Waals surface area contributed by atoms with E-state index in [1.807, 2.05) is 42.5 Å². The first kappa shape index (κ1) is 19.9. The highest BCUT2D eigenvalue weighted by Crippen LogP contribution is 2.24. The van der Waals surface area contributed by atoms with Gasteiger partial charge in [0.1, 0.15) is 0 Å². The van der Waals surface area contributed by atoms with Crippen molar-refractivity contribution >= 4 is 29.0 Å². The molecule has 1 amide bonds. The Labute approximate surface area is 169 Å². The fourth-order valence-corrected chi connectivity index (χ4v) is 3.67. The molecule has 146 valence electrons. The number of nitrogens with zero attached hydrogens (tertiary/aromatic N) is 5. The zero-order chi connectivity index (χ0) is 19.9. The lowest BCUT2D eigenvalue weighted by Crippen LogP contribution is -2.22. The molecule has 0 saturated carbocycles. The third-order valence-corrected chi connectivity index (χ3v) is 5.28. The molecule has 1 N–H and O–H groups in total. The largest absolute Gasteiger partial charge is 0.372 e. The molecular formula is C20H24N6OS. The Balaban J connectivity index is 1.61. The molecule has 1 heterocycles. The molecule has 2 aromatic carbocycles. The van der Waals surface area contributed by atoms with Crippen molar-refractivity contribution in [3.63, 3.8) is 0 Å². The predicted molar refractivity (Wildman–Crippen MR) is 113 cm³/mol. The van der Waals surface area contributed by atoms with Crippen molar-refractivity contribution < 1.29 is 4.79 Å². The van der Waals surface area contributed by atoms with Crippen molar-refractivity contribution in [2.75, 3.05) is 29.1 Å². The molecule has 3 rings (SSSR count). The maximum Gasteiger partial charge on any atom is 0.234 e. The summed E-state index contributed by atoms with van der Waals surface area (Å²) in [6, 6.07) is 15.6. The Morgan fingerprint density at radius 1 is 1.14 bits per heavy atom. The average Bonchev–Trinajstić information content (AvgIpc) is 3.18. The lowest BCUT2D eigenvalue weighted by atomic mass is 10.1. The van der Waals surface area contributed by atoms with Crippen molar-refractivity contribution in [1.29, 1.82) is 0 Å². The third-order valence-electron chi connectivity index (χ3n) is 4.36. The van der Waals surface area contributed by atoms with Crippen LogP contribution < -0.4 is 10.2 Å². The minimum atomic E-state index is -0.0948. The number of benzene rings is 2. The standard InChI is InChI=1S/C20H24N6OS/c1-4-25(5-2)18-12-11-16(13-15(18)3)21-19(27)14-28-20-22-23-24-26(20)17-9-7-6-8-10-17/h6-13H,4-5,14H2,1-3H3,(H,21,27). The Kier molecular flexibility index (Phi) is 6.65. The van der Waals surface area contributed by atoms with Gasteiger partial charge in [-0.1, -0.05) is 30.0 Å². The normalized spacial score (nSPS) is 10.7. The lowest BCUT2D eigenvalue weighted by Gasteiger charge is -2.23. The second-order valence-electron chi connectivity index (χ2n) is 6.22. The van der Waals surface area contributed by atoms with E-state index in [4.69, 9.17) is 0 Å². The molecule has 0 aliphatic carbocycles. The van der Waals surface area contributed by atoms with Gasteiger partial charge in [0, 0.05) is 24.5 Å². The summed E-state index contributed by atoms with van der Waals surface area (Å²) in [7, 11) is 0. The predicted octanol–water partition coefficient (Wildman–Crippen LogP) is 3.55. The minimum Gasteiger partial charge on any atom is -0.372 e. The molecule has 0 fully saturated rings. The van der Waals surface area contributed by atoms with Crippen LogP contribution in [0.2, 0.25) is 0 Å². The van der Waals surface area contributed by atoms with Gasteiger partial charge in [0.2, 0.25) is 11.1 Å². The minimum absolute atomic E-state index is 0.0948. The van der Waals surface area contributed by atoms with Crippen molar-refractivity contribution in [2.45, 2.75) is 25.9 Å². The molecule has 8 heteroatoms. The third kappa shape index (κ3) is 4.69. The van der Waals surface area contributed by atoms with E-state index in [1.54, 1.807) is 4.68 Å². The van der Waals surface area contributed by atoms with Gasteiger partial charge in [-0.05, 0) is 67.1 Å². The van der Waals surface area contributed by atoms with Gasteiger partial charge >= 0.3 is 0 Å². The van der Waals surface area contributed by atoms with Crippen molar-refractivity contribution in [2.24, 2.45) is 0 Å². The molecular weight excluding hydrogens is 372 g/mol. The smallest absolute Gasteiger partial charge is 0.234 e.